The van der Waals surface area contributed by atoms with Gasteiger partial charge in [0.05, 0.1) is 7.11 Å². The predicted molar refractivity (Wildman–Crippen MR) is 78.2 cm³/mol. The van der Waals surface area contributed by atoms with Crippen LogP contribution >= 0.6 is 15.9 Å². The number of nitrogens with one attached hydrogen (secondary N) is 1. The number of rotatable bonds is 4. The third kappa shape index (κ3) is 3.05. The molecule has 1 saturated heterocycles. The van der Waals surface area contributed by atoms with Crippen LogP contribution in [-0.2, 0) is 0 Å². The molecule has 1 aromatic rings. The highest BCUT2D eigenvalue weighted by Crippen LogP contribution is 2.34. The summed E-state index contributed by atoms with van der Waals surface area (Å²) in [6.07, 6.45) is 1.10. The Bertz CT molecular complexity index is 391. The van der Waals surface area contributed by atoms with E-state index >= 15 is 0 Å². The Hall–Kier alpha value is -0.580. The van der Waals surface area contributed by atoms with Gasteiger partial charge in [0.1, 0.15) is 5.75 Å². The number of nitrogens with zero attached hydrogens (tertiary/aromatic N) is 1. The largest absolute Gasteiger partial charge is 0.496 e. The normalized spacial score (nSPS) is 18.6. The second-order valence-electron chi connectivity index (χ2n) is 4.60. The van der Waals surface area contributed by atoms with Gasteiger partial charge in [-0.15, -0.1) is 0 Å². The quantitative estimate of drug-likeness (QED) is 0.925. The Morgan fingerprint density at radius 2 is 2.11 bits per heavy atom. The summed E-state index contributed by atoms with van der Waals surface area (Å²) in [5.41, 5.74) is 1.29. The van der Waals surface area contributed by atoms with E-state index in [9.17, 15) is 0 Å². The maximum Gasteiger partial charge on any atom is 0.123 e. The smallest absolute Gasteiger partial charge is 0.123 e. The van der Waals surface area contributed by atoms with Crippen molar-refractivity contribution in [2.24, 2.45) is 0 Å². The van der Waals surface area contributed by atoms with Crippen molar-refractivity contribution in [2.45, 2.75) is 19.4 Å². The monoisotopic (exact) mass is 312 g/mol. The van der Waals surface area contributed by atoms with E-state index in [2.05, 4.69) is 39.1 Å². The lowest BCUT2D eigenvalue weighted by atomic mass is 10.0. The third-order valence-electron chi connectivity index (χ3n) is 3.53. The lowest BCUT2D eigenvalue weighted by molar-refractivity contribution is 0.166. The number of hydrogen-bond donors (Lipinski definition) is 1. The highest BCUT2D eigenvalue weighted by Gasteiger charge is 2.23. The van der Waals surface area contributed by atoms with Crippen LogP contribution in [0.2, 0.25) is 0 Å². The number of methoxy groups -OCH3 is 1. The molecule has 4 heteroatoms. The summed E-state index contributed by atoms with van der Waals surface area (Å²) in [5.74, 6) is 0.989. The van der Waals surface area contributed by atoms with Gasteiger partial charge < -0.3 is 10.1 Å². The van der Waals surface area contributed by atoms with Gasteiger partial charge in [-0.3, -0.25) is 4.90 Å². The standard InChI is InChI=1S/C14H21BrN2O/c1-3-13(17-8-6-16-7-9-17)12-10-11(15)4-5-14(12)18-2/h4-5,10,13,16H,3,6-9H2,1-2H3/t13-/m0/s1. The molecule has 1 atom stereocenters. The summed E-state index contributed by atoms with van der Waals surface area (Å²) in [7, 11) is 1.75. The van der Waals surface area contributed by atoms with E-state index in [0.29, 0.717) is 6.04 Å². The van der Waals surface area contributed by atoms with Crippen LogP contribution in [0.25, 0.3) is 0 Å². The van der Waals surface area contributed by atoms with E-state index in [4.69, 9.17) is 4.74 Å². The van der Waals surface area contributed by atoms with Crippen LogP contribution in [-0.4, -0.2) is 38.2 Å². The van der Waals surface area contributed by atoms with Crippen molar-refractivity contribution < 1.29 is 4.74 Å². The molecule has 1 fully saturated rings. The molecular formula is C14H21BrN2O. The van der Waals surface area contributed by atoms with E-state index in [1.54, 1.807) is 7.11 Å². The van der Waals surface area contributed by atoms with Crippen LogP contribution in [0.4, 0.5) is 0 Å². The zero-order chi connectivity index (χ0) is 13.0. The summed E-state index contributed by atoms with van der Waals surface area (Å²) in [6, 6.07) is 6.71. The summed E-state index contributed by atoms with van der Waals surface area (Å²) in [5, 5.41) is 3.40. The molecule has 1 heterocycles. The molecule has 1 aliphatic rings. The van der Waals surface area contributed by atoms with Crippen LogP contribution in [0, 0.1) is 0 Å². The first-order valence-corrected chi connectivity index (χ1v) is 7.33. The lowest BCUT2D eigenvalue weighted by Crippen LogP contribution is -2.45. The van der Waals surface area contributed by atoms with Crippen molar-refractivity contribution in [1.29, 1.82) is 0 Å². The van der Waals surface area contributed by atoms with Crippen LogP contribution in [0.3, 0.4) is 0 Å². The van der Waals surface area contributed by atoms with E-state index in [1.807, 2.05) is 12.1 Å². The maximum atomic E-state index is 5.51. The SMILES string of the molecule is CC[C@@H](c1cc(Br)ccc1OC)N1CCNCC1. The molecule has 0 bridgehead atoms. The van der Waals surface area contributed by atoms with Crippen molar-refractivity contribution in [2.75, 3.05) is 33.3 Å². The van der Waals surface area contributed by atoms with Crippen LogP contribution in [0.1, 0.15) is 24.9 Å². The molecule has 1 N–H and O–H groups in total. The average molecular weight is 313 g/mol. The molecule has 1 aromatic carbocycles. The first-order valence-electron chi connectivity index (χ1n) is 6.54. The summed E-state index contributed by atoms with van der Waals surface area (Å²) >= 11 is 3.56. The minimum Gasteiger partial charge on any atom is -0.496 e. The molecule has 0 amide bonds. The van der Waals surface area contributed by atoms with Gasteiger partial charge in [-0.05, 0) is 24.6 Å². The molecule has 0 unspecified atom stereocenters. The van der Waals surface area contributed by atoms with Crippen molar-refractivity contribution >= 4 is 15.9 Å². The van der Waals surface area contributed by atoms with Crippen LogP contribution in [0.5, 0.6) is 5.75 Å². The summed E-state index contributed by atoms with van der Waals surface area (Å²) < 4.78 is 6.63. The zero-order valence-corrected chi connectivity index (χ0v) is 12.7. The molecule has 100 valence electrons. The number of ether oxygens (including phenoxy) is 1. The molecule has 3 nitrogen and oxygen atoms in total. The van der Waals surface area contributed by atoms with Crippen LogP contribution < -0.4 is 10.1 Å². The molecule has 0 aliphatic carbocycles. The Kier molecular flexibility index (Phi) is 5.03. The Morgan fingerprint density at radius 1 is 1.39 bits per heavy atom. The highest BCUT2D eigenvalue weighted by molar-refractivity contribution is 9.10. The van der Waals surface area contributed by atoms with E-state index < -0.39 is 0 Å². The fraction of sp³-hybridized carbons (Fsp3) is 0.571. The summed E-state index contributed by atoms with van der Waals surface area (Å²) in [4.78, 5) is 2.54. The molecule has 0 radical (unpaired) electrons. The summed E-state index contributed by atoms with van der Waals surface area (Å²) in [6.45, 7) is 6.61. The zero-order valence-electron chi connectivity index (χ0n) is 11.1. The van der Waals surface area contributed by atoms with Gasteiger partial charge in [0.25, 0.3) is 0 Å². The fourth-order valence-corrected chi connectivity index (χ4v) is 3.01. The van der Waals surface area contributed by atoms with Gasteiger partial charge >= 0.3 is 0 Å². The molecule has 1 aliphatic heterocycles. The van der Waals surface area contributed by atoms with E-state index in [0.717, 1.165) is 42.8 Å². The van der Waals surface area contributed by atoms with Gasteiger partial charge in [0.2, 0.25) is 0 Å². The number of halogens is 1. The number of hydrogen-bond acceptors (Lipinski definition) is 3. The minimum atomic E-state index is 0.444. The average Bonchev–Trinajstić information content (AvgIpc) is 2.41. The van der Waals surface area contributed by atoms with E-state index in [1.165, 1.54) is 5.56 Å². The molecular weight excluding hydrogens is 292 g/mol. The van der Waals surface area contributed by atoms with Gasteiger partial charge in [-0.1, -0.05) is 22.9 Å². The molecule has 18 heavy (non-hydrogen) atoms. The Balaban J connectivity index is 2.27. The first-order chi connectivity index (χ1) is 8.76. The van der Waals surface area contributed by atoms with Crippen molar-refractivity contribution in [3.8, 4) is 5.75 Å². The van der Waals surface area contributed by atoms with Gasteiger partial charge in [-0.2, -0.15) is 0 Å². The topological polar surface area (TPSA) is 24.5 Å². The molecule has 0 spiro atoms. The third-order valence-corrected chi connectivity index (χ3v) is 4.02. The molecule has 0 saturated carbocycles. The van der Waals surface area contributed by atoms with Crippen LogP contribution in [0.15, 0.2) is 22.7 Å². The number of benzene rings is 1. The van der Waals surface area contributed by atoms with Gasteiger partial charge in [-0.25, -0.2) is 0 Å². The first kappa shape index (κ1) is 13.8. The Morgan fingerprint density at radius 3 is 2.72 bits per heavy atom. The lowest BCUT2D eigenvalue weighted by Gasteiger charge is -2.35. The molecule has 0 aromatic heterocycles. The predicted octanol–water partition coefficient (Wildman–Crippen LogP) is 2.81. The number of piperazine rings is 1. The van der Waals surface area contributed by atoms with Crippen molar-refractivity contribution in [3.05, 3.63) is 28.2 Å². The maximum absolute atomic E-state index is 5.51. The van der Waals surface area contributed by atoms with Crippen molar-refractivity contribution in [3.63, 3.8) is 0 Å². The van der Waals surface area contributed by atoms with Gasteiger partial charge in [0, 0.05) is 42.3 Å². The highest BCUT2D eigenvalue weighted by atomic mass is 79.9. The van der Waals surface area contributed by atoms with Crippen molar-refractivity contribution in [1.82, 2.24) is 10.2 Å². The second kappa shape index (κ2) is 6.55. The second-order valence-corrected chi connectivity index (χ2v) is 5.51. The minimum absolute atomic E-state index is 0.444. The van der Waals surface area contributed by atoms with E-state index in [-0.39, 0.29) is 0 Å². The molecule has 2 rings (SSSR count). The fourth-order valence-electron chi connectivity index (χ4n) is 2.63. The Labute approximate surface area is 118 Å². The van der Waals surface area contributed by atoms with Gasteiger partial charge in [0.15, 0.2) is 0 Å².